The van der Waals surface area contributed by atoms with E-state index < -0.39 is 12.4 Å². The van der Waals surface area contributed by atoms with Crippen molar-refractivity contribution in [1.82, 2.24) is 0 Å². The molecule has 3 nitrogen and oxygen atoms in total. The van der Waals surface area contributed by atoms with E-state index in [1.807, 2.05) is 36.4 Å². The van der Waals surface area contributed by atoms with E-state index in [9.17, 15) is 9.59 Å². The van der Waals surface area contributed by atoms with Gasteiger partial charge in [-0.3, -0.25) is 9.59 Å². The van der Waals surface area contributed by atoms with Gasteiger partial charge in [-0.2, -0.15) is 0 Å². The molecule has 0 radical (unpaired) electrons. The van der Waals surface area contributed by atoms with Crippen LogP contribution in [0.3, 0.4) is 0 Å². The molecular formula is C19H14O3. The standard InChI is InChI=1S/C19H14O3/c20-18(12-19(21)22)15-10-8-14(9-11-15)17-7-3-5-13-4-1-2-6-16(13)17/h1-11H,12H2,(H,21,22). The van der Waals surface area contributed by atoms with Crippen molar-refractivity contribution in [1.29, 1.82) is 0 Å². The molecule has 0 aliphatic rings. The molecule has 3 heteroatoms. The van der Waals surface area contributed by atoms with Gasteiger partial charge in [0, 0.05) is 5.56 Å². The molecule has 0 amide bonds. The Hall–Kier alpha value is -2.94. The summed E-state index contributed by atoms with van der Waals surface area (Å²) in [5, 5.41) is 11.0. The lowest BCUT2D eigenvalue weighted by Gasteiger charge is -2.07. The number of ketones is 1. The summed E-state index contributed by atoms with van der Waals surface area (Å²) in [4.78, 5) is 22.3. The summed E-state index contributed by atoms with van der Waals surface area (Å²) < 4.78 is 0. The maximum atomic E-state index is 11.7. The minimum atomic E-state index is -1.11. The first-order valence-electron chi connectivity index (χ1n) is 6.98. The maximum Gasteiger partial charge on any atom is 0.311 e. The second kappa shape index (κ2) is 5.82. The summed E-state index contributed by atoms with van der Waals surface area (Å²) in [6.45, 7) is 0. The molecule has 0 aromatic heterocycles. The number of Topliss-reactive ketones (excluding diaryl/α,β-unsaturated/α-hetero) is 1. The molecule has 0 aliphatic carbocycles. The van der Waals surface area contributed by atoms with Gasteiger partial charge in [-0.1, -0.05) is 66.7 Å². The molecule has 3 aromatic rings. The van der Waals surface area contributed by atoms with Gasteiger partial charge in [0.05, 0.1) is 0 Å². The number of carbonyl (C=O) groups is 2. The van der Waals surface area contributed by atoms with E-state index >= 15 is 0 Å². The molecule has 0 saturated heterocycles. The summed E-state index contributed by atoms with van der Waals surface area (Å²) in [6.07, 6.45) is -0.479. The summed E-state index contributed by atoms with van der Waals surface area (Å²) in [7, 11) is 0. The zero-order valence-electron chi connectivity index (χ0n) is 11.8. The Bertz CT molecular complexity index is 843. The van der Waals surface area contributed by atoms with Crippen molar-refractivity contribution in [2.45, 2.75) is 6.42 Å². The lowest BCUT2D eigenvalue weighted by atomic mass is 9.97. The Morgan fingerprint density at radius 2 is 1.50 bits per heavy atom. The Morgan fingerprint density at radius 3 is 2.23 bits per heavy atom. The smallest absolute Gasteiger partial charge is 0.311 e. The van der Waals surface area contributed by atoms with Crippen LogP contribution in [0.25, 0.3) is 21.9 Å². The second-order valence-electron chi connectivity index (χ2n) is 5.10. The number of hydrogen-bond acceptors (Lipinski definition) is 2. The van der Waals surface area contributed by atoms with Crippen molar-refractivity contribution < 1.29 is 14.7 Å². The fourth-order valence-corrected chi connectivity index (χ4v) is 2.55. The number of rotatable bonds is 4. The van der Waals surface area contributed by atoms with Gasteiger partial charge in [-0.15, -0.1) is 0 Å². The number of hydrogen-bond donors (Lipinski definition) is 1. The van der Waals surface area contributed by atoms with Crippen LogP contribution in [0.5, 0.6) is 0 Å². The van der Waals surface area contributed by atoms with Crippen LogP contribution in [0.1, 0.15) is 16.8 Å². The Labute approximate surface area is 127 Å². The zero-order chi connectivity index (χ0) is 15.5. The molecule has 0 saturated carbocycles. The molecule has 0 aliphatic heterocycles. The quantitative estimate of drug-likeness (QED) is 0.579. The topological polar surface area (TPSA) is 54.4 Å². The van der Waals surface area contributed by atoms with Gasteiger partial charge in [0.15, 0.2) is 5.78 Å². The highest BCUT2D eigenvalue weighted by atomic mass is 16.4. The van der Waals surface area contributed by atoms with E-state index in [0.717, 1.165) is 21.9 Å². The van der Waals surface area contributed by atoms with E-state index in [2.05, 4.69) is 18.2 Å². The summed E-state index contributed by atoms with van der Waals surface area (Å²) in [5.41, 5.74) is 2.52. The molecule has 0 spiro atoms. The largest absolute Gasteiger partial charge is 0.481 e. The first kappa shape index (κ1) is 14.0. The number of carboxylic acids is 1. The van der Waals surface area contributed by atoms with E-state index in [1.54, 1.807) is 12.1 Å². The average Bonchev–Trinajstić information content (AvgIpc) is 2.54. The van der Waals surface area contributed by atoms with Crippen molar-refractivity contribution >= 4 is 22.5 Å². The number of carbonyl (C=O) groups excluding carboxylic acids is 1. The number of fused-ring (bicyclic) bond motifs is 1. The van der Waals surface area contributed by atoms with Crippen LogP contribution in [0.4, 0.5) is 0 Å². The number of aliphatic carboxylic acids is 1. The Morgan fingerprint density at radius 1 is 0.818 bits per heavy atom. The first-order valence-corrected chi connectivity index (χ1v) is 6.98. The molecule has 3 aromatic carbocycles. The molecular weight excluding hydrogens is 276 g/mol. The van der Waals surface area contributed by atoms with Gasteiger partial charge in [0.25, 0.3) is 0 Å². The van der Waals surface area contributed by atoms with E-state index in [1.165, 1.54) is 0 Å². The minimum absolute atomic E-state index is 0.378. The lowest BCUT2D eigenvalue weighted by molar-refractivity contribution is -0.135. The van der Waals surface area contributed by atoms with Crippen molar-refractivity contribution in [2.75, 3.05) is 0 Å². The van der Waals surface area contributed by atoms with Gasteiger partial charge in [0.2, 0.25) is 0 Å². The molecule has 0 heterocycles. The summed E-state index contributed by atoms with van der Waals surface area (Å²) in [6, 6.07) is 21.3. The number of carboxylic acid groups (broad SMARTS) is 1. The van der Waals surface area contributed by atoms with Crippen LogP contribution in [-0.4, -0.2) is 16.9 Å². The predicted molar refractivity (Wildman–Crippen MR) is 86.0 cm³/mol. The van der Waals surface area contributed by atoms with Crippen molar-refractivity contribution in [3.8, 4) is 11.1 Å². The van der Waals surface area contributed by atoms with Crippen molar-refractivity contribution in [3.05, 3.63) is 72.3 Å². The molecule has 0 bridgehead atoms. The summed E-state index contributed by atoms with van der Waals surface area (Å²) in [5.74, 6) is -1.49. The fraction of sp³-hybridized carbons (Fsp3) is 0.0526. The summed E-state index contributed by atoms with van der Waals surface area (Å²) >= 11 is 0. The third-order valence-corrected chi connectivity index (χ3v) is 3.62. The maximum absolute atomic E-state index is 11.7. The molecule has 0 unspecified atom stereocenters. The van der Waals surface area contributed by atoms with Gasteiger partial charge < -0.3 is 5.11 Å². The zero-order valence-corrected chi connectivity index (χ0v) is 11.8. The van der Waals surface area contributed by atoms with Gasteiger partial charge in [-0.05, 0) is 21.9 Å². The van der Waals surface area contributed by atoms with Crippen LogP contribution < -0.4 is 0 Å². The minimum Gasteiger partial charge on any atom is -0.481 e. The lowest BCUT2D eigenvalue weighted by Crippen LogP contribution is -2.06. The third-order valence-electron chi connectivity index (χ3n) is 3.62. The normalized spacial score (nSPS) is 10.5. The van der Waals surface area contributed by atoms with Crippen LogP contribution in [-0.2, 0) is 4.79 Å². The van der Waals surface area contributed by atoms with E-state index in [-0.39, 0.29) is 5.78 Å². The van der Waals surface area contributed by atoms with Crippen LogP contribution in [0.15, 0.2) is 66.7 Å². The first-order chi connectivity index (χ1) is 10.6. The molecule has 0 fully saturated rings. The van der Waals surface area contributed by atoms with Gasteiger partial charge in [-0.25, -0.2) is 0 Å². The van der Waals surface area contributed by atoms with E-state index in [4.69, 9.17) is 5.11 Å². The second-order valence-corrected chi connectivity index (χ2v) is 5.10. The fourth-order valence-electron chi connectivity index (χ4n) is 2.55. The highest BCUT2D eigenvalue weighted by Gasteiger charge is 2.11. The molecule has 0 atom stereocenters. The molecule has 22 heavy (non-hydrogen) atoms. The van der Waals surface area contributed by atoms with Crippen molar-refractivity contribution in [3.63, 3.8) is 0 Å². The highest BCUT2D eigenvalue weighted by Crippen LogP contribution is 2.28. The molecule has 3 rings (SSSR count). The van der Waals surface area contributed by atoms with Crippen molar-refractivity contribution in [2.24, 2.45) is 0 Å². The highest BCUT2D eigenvalue weighted by molar-refractivity contribution is 6.06. The average molecular weight is 290 g/mol. The van der Waals surface area contributed by atoms with Gasteiger partial charge in [0.1, 0.15) is 6.42 Å². The Kier molecular flexibility index (Phi) is 3.71. The van der Waals surface area contributed by atoms with Crippen LogP contribution >= 0.6 is 0 Å². The molecule has 108 valence electrons. The Balaban J connectivity index is 1.98. The number of benzene rings is 3. The molecule has 1 N–H and O–H groups in total. The predicted octanol–water partition coefficient (Wildman–Crippen LogP) is 4.16. The van der Waals surface area contributed by atoms with E-state index in [0.29, 0.717) is 5.56 Å². The van der Waals surface area contributed by atoms with Crippen LogP contribution in [0, 0.1) is 0 Å². The SMILES string of the molecule is O=C(O)CC(=O)c1ccc(-c2cccc3ccccc23)cc1. The van der Waals surface area contributed by atoms with Gasteiger partial charge >= 0.3 is 5.97 Å². The third kappa shape index (κ3) is 2.74. The monoisotopic (exact) mass is 290 g/mol. The van der Waals surface area contributed by atoms with Crippen LogP contribution in [0.2, 0.25) is 0 Å².